The van der Waals surface area contributed by atoms with Crippen LogP contribution in [-0.4, -0.2) is 50.7 Å². The molecule has 1 amide bonds. The molecule has 0 spiro atoms. The van der Waals surface area contributed by atoms with Crippen molar-refractivity contribution in [3.63, 3.8) is 0 Å². The minimum Gasteiger partial charge on any atom is -0.480 e. The summed E-state index contributed by atoms with van der Waals surface area (Å²) in [6.07, 6.45) is 1.71. The van der Waals surface area contributed by atoms with Crippen molar-refractivity contribution in [3.8, 4) is 0 Å². The van der Waals surface area contributed by atoms with Gasteiger partial charge >= 0.3 is 5.97 Å². The largest absolute Gasteiger partial charge is 0.480 e. The average Bonchev–Trinajstić information content (AvgIpc) is 2.71. The van der Waals surface area contributed by atoms with Gasteiger partial charge in [-0.05, 0) is 0 Å². The van der Waals surface area contributed by atoms with Gasteiger partial charge in [0.25, 0.3) is 5.91 Å². The molecule has 0 bridgehead atoms. The van der Waals surface area contributed by atoms with E-state index in [-0.39, 0.29) is 18.5 Å². The summed E-state index contributed by atoms with van der Waals surface area (Å²) >= 11 is 0. The second-order valence-corrected chi connectivity index (χ2v) is 4.12. The first-order valence-electron chi connectivity index (χ1n) is 5.39. The molecule has 96 valence electrons. The Morgan fingerprint density at radius 3 is 2.78 bits per heavy atom. The zero-order chi connectivity index (χ0) is 13.3. The average molecular weight is 252 g/mol. The molecular weight excluding hydrogens is 240 g/mol. The number of likely N-dealkylation sites (tertiary alicyclic amines) is 1. The van der Waals surface area contributed by atoms with Crippen LogP contribution in [0.25, 0.3) is 0 Å². The first kappa shape index (κ1) is 12.3. The molecule has 1 aromatic rings. The number of H-pyrrole nitrogens is 1. The van der Waals surface area contributed by atoms with Crippen LogP contribution in [0.4, 0.5) is 0 Å². The molecule has 1 aliphatic heterocycles. The lowest BCUT2D eigenvalue weighted by molar-refractivity contribution is -0.141. The second kappa shape index (κ2) is 4.61. The second-order valence-electron chi connectivity index (χ2n) is 4.12. The molecule has 0 unspecified atom stereocenters. The highest BCUT2D eigenvalue weighted by molar-refractivity contribution is 5.96. The number of hydrogen-bond donors (Lipinski definition) is 3. The lowest BCUT2D eigenvalue weighted by Gasteiger charge is -2.20. The van der Waals surface area contributed by atoms with Gasteiger partial charge in [0.15, 0.2) is 5.43 Å². The van der Waals surface area contributed by atoms with Crippen LogP contribution in [0, 0.1) is 0 Å². The molecule has 0 saturated carbocycles. The van der Waals surface area contributed by atoms with Gasteiger partial charge in [-0.3, -0.25) is 9.59 Å². The van der Waals surface area contributed by atoms with Gasteiger partial charge in [-0.1, -0.05) is 0 Å². The normalized spacial score (nSPS) is 23.1. The lowest BCUT2D eigenvalue weighted by atomic mass is 10.2. The lowest BCUT2D eigenvalue weighted by Crippen LogP contribution is -2.42. The first-order valence-corrected chi connectivity index (χ1v) is 5.39. The number of aliphatic hydroxyl groups excluding tert-OH is 1. The fourth-order valence-electron chi connectivity index (χ4n) is 2.01. The van der Waals surface area contributed by atoms with Crippen molar-refractivity contribution in [2.45, 2.75) is 18.6 Å². The highest BCUT2D eigenvalue weighted by Crippen LogP contribution is 2.19. The number of nitrogens with one attached hydrogen (secondary N) is 1. The van der Waals surface area contributed by atoms with Crippen LogP contribution in [0.5, 0.6) is 0 Å². The predicted octanol–water partition coefficient (Wildman–Crippen LogP) is -0.965. The fourth-order valence-corrected chi connectivity index (χ4v) is 2.01. The molecule has 1 aromatic heterocycles. The topological polar surface area (TPSA) is 111 Å². The maximum atomic E-state index is 12.1. The Morgan fingerprint density at radius 2 is 2.17 bits per heavy atom. The fraction of sp³-hybridized carbons (Fsp3) is 0.364. The van der Waals surface area contributed by atoms with Crippen LogP contribution in [-0.2, 0) is 4.79 Å². The summed E-state index contributed by atoms with van der Waals surface area (Å²) < 4.78 is 0. The van der Waals surface area contributed by atoms with E-state index < -0.39 is 29.5 Å². The smallest absolute Gasteiger partial charge is 0.326 e. The van der Waals surface area contributed by atoms with Gasteiger partial charge in [-0.2, -0.15) is 0 Å². The quantitative estimate of drug-likeness (QED) is 0.627. The van der Waals surface area contributed by atoms with Crippen LogP contribution < -0.4 is 5.43 Å². The Labute approximate surface area is 102 Å². The molecule has 18 heavy (non-hydrogen) atoms. The first-order chi connectivity index (χ1) is 8.50. The van der Waals surface area contributed by atoms with Gasteiger partial charge in [0.05, 0.1) is 6.10 Å². The number of carboxylic acid groups (broad SMARTS) is 1. The number of nitrogens with zero attached hydrogens (tertiary/aromatic N) is 1. The standard InChI is InChI=1S/C11H12N2O5/c14-6-3-8(11(17)18)13(5-6)10(16)7-4-12-2-1-9(7)15/h1-2,4,6,8,14H,3,5H2,(H,12,15)(H,17,18)/t6-,8-/m1/s1. The highest BCUT2D eigenvalue weighted by atomic mass is 16.4. The van der Waals surface area contributed by atoms with Crippen molar-refractivity contribution < 1.29 is 19.8 Å². The van der Waals surface area contributed by atoms with Crippen LogP contribution in [0.1, 0.15) is 16.8 Å². The van der Waals surface area contributed by atoms with E-state index in [0.29, 0.717) is 0 Å². The Bertz CT molecular complexity index is 538. The molecule has 2 rings (SSSR count). The van der Waals surface area contributed by atoms with E-state index in [1.807, 2.05) is 0 Å². The van der Waals surface area contributed by atoms with E-state index in [0.717, 1.165) is 4.90 Å². The number of aromatic nitrogens is 1. The summed E-state index contributed by atoms with van der Waals surface area (Å²) in [6.45, 7) is -0.0792. The van der Waals surface area contributed by atoms with Crippen molar-refractivity contribution in [3.05, 3.63) is 34.2 Å². The third-order valence-corrected chi connectivity index (χ3v) is 2.88. The Morgan fingerprint density at radius 1 is 1.44 bits per heavy atom. The third-order valence-electron chi connectivity index (χ3n) is 2.88. The monoisotopic (exact) mass is 252 g/mol. The van der Waals surface area contributed by atoms with Crippen LogP contribution in [0.3, 0.4) is 0 Å². The number of β-amino-alcohol motifs (C(OH)–C–C–N with tert-alkyl or cyclic N) is 1. The Kier molecular flexibility index (Phi) is 3.15. The van der Waals surface area contributed by atoms with Gasteiger partial charge in [-0.25, -0.2) is 4.79 Å². The van der Waals surface area contributed by atoms with Crippen LogP contribution in [0.15, 0.2) is 23.3 Å². The zero-order valence-electron chi connectivity index (χ0n) is 9.37. The molecule has 0 aliphatic carbocycles. The molecule has 0 radical (unpaired) electrons. The maximum absolute atomic E-state index is 12.1. The summed E-state index contributed by atoms with van der Waals surface area (Å²) in [5.41, 5.74) is -0.609. The minimum absolute atomic E-state index is 0.0220. The Balaban J connectivity index is 2.31. The summed E-state index contributed by atoms with van der Waals surface area (Å²) in [4.78, 5) is 38.2. The SMILES string of the molecule is O=C(O)[C@H]1C[C@@H](O)CN1C(=O)c1c[nH]ccc1=O. The zero-order valence-corrected chi connectivity index (χ0v) is 9.37. The van der Waals surface area contributed by atoms with E-state index in [2.05, 4.69) is 4.98 Å². The molecule has 0 aromatic carbocycles. The number of aliphatic carboxylic acids is 1. The molecule has 3 N–H and O–H groups in total. The number of aromatic amines is 1. The molecule has 2 heterocycles. The van der Waals surface area contributed by atoms with Crippen molar-refractivity contribution in [1.29, 1.82) is 0 Å². The van der Waals surface area contributed by atoms with E-state index in [4.69, 9.17) is 5.11 Å². The van der Waals surface area contributed by atoms with E-state index in [1.54, 1.807) is 0 Å². The number of pyridine rings is 1. The Hall–Kier alpha value is -2.15. The summed E-state index contributed by atoms with van der Waals surface area (Å²) in [5, 5.41) is 18.4. The molecule has 7 heteroatoms. The van der Waals surface area contributed by atoms with Gasteiger partial charge < -0.3 is 20.1 Å². The molecule has 1 saturated heterocycles. The van der Waals surface area contributed by atoms with Gasteiger partial charge in [0.2, 0.25) is 0 Å². The number of rotatable bonds is 2. The van der Waals surface area contributed by atoms with E-state index in [9.17, 15) is 19.5 Å². The van der Waals surface area contributed by atoms with E-state index in [1.165, 1.54) is 18.5 Å². The van der Waals surface area contributed by atoms with Crippen molar-refractivity contribution in [2.24, 2.45) is 0 Å². The summed E-state index contributed by atoms with van der Waals surface area (Å²) in [5.74, 6) is -1.87. The molecule has 7 nitrogen and oxygen atoms in total. The van der Waals surface area contributed by atoms with Crippen molar-refractivity contribution in [1.82, 2.24) is 9.88 Å². The highest BCUT2D eigenvalue weighted by Gasteiger charge is 2.39. The number of carboxylic acids is 1. The molecule has 1 aliphatic rings. The van der Waals surface area contributed by atoms with Gasteiger partial charge in [0, 0.05) is 31.4 Å². The number of carbonyl (C=O) groups excluding carboxylic acids is 1. The molecule has 2 atom stereocenters. The minimum atomic E-state index is -1.19. The van der Waals surface area contributed by atoms with Crippen LogP contribution in [0.2, 0.25) is 0 Å². The summed E-state index contributed by atoms with van der Waals surface area (Å²) in [7, 11) is 0. The number of amides is 1. The van der Waals surface area contributed by atoms with Gasteiger partial charge in [-0.15, -0.1) is 0 Å². The summed E-state index contributed by atoms with van der Waals surface area (Å²) in [6, 6.07) is 0.0993. The van der Waals surface area contributed by atoms with Crippen LogP contribution >= 0.6 is 0 Å². The number of carbonyl (C=O) groups is 2. The van der Waals surface area contributed by atoms with Gasteiger partial charge in [0.1, 0.15) is 11.6 Å². The third kappa shape index (κ3) is 2.12. The van der Waals surface area contributed by atoms with Crippen molar-refractivity contribution in [2.75, 3.05) is 6.54 Å². The predicted molar refractivity (Wildman–Crippen MR) is 60.1 cm³/mol. The number of hydrogen-bond acceptors (Lipinski definition) is 4. The van der Waals surface area contributed by atoms with E-state index >= 15 is 0 Å². The molecule has 1 fully saturated rings. The molecular formula is C11H12N2O5. The maximum Gasteiger partial charge on any atom is 0.326 e. The number of aliphatic hydroxyl groups is 1. The van der Waals surface area contributed by atoms with Crippen molar-refractivity contribution >= 4 is 11.9 Å².